The number of methoxy groups -OCH3 is 1. The van der Waals surface area contributed by atoms with Gasteiger partial charge >= 0.3 is 0 Å². The zero-order valence-corrected chi connectivity index (χ0v) is 14.6. The summed E-state index contributed by atoms with van der Waals surface area (Å²) < 4.78 is 9.34. The summed E-state index contributed by atoms with van der Waals surface area (Å²) in [5.74, 6) is 0.824. The van der Waals surface area contributed by atoms with E-state index in [2.05, 4.69) is 19.7 Å². The fourth-order valence-corrected chi connectivity index (χ4v) is 2.82. The van der Waals surface area contributed by atoms with Crippen LogP contribution >= 0.6 is 34.7 Å². The summed E-state index contributed by atoms with van der Waals surface area (Å²) in [7, 11) is 1.60. The molecule has 0 saturated heterocycles. The number of anilines is 1. The van der Waals surface area contributed by atoms with Gasteiger partial charge in [0.25, 0.3) is 5.91 Å². The Morgan fingerprint density at radius 1 is 1.25 bits per heavy atom. The van der Waals surface area contributed by atoms with Gasteiger partial charge in [-0.15, -0.1) is 0 Å². The lowest BCUT2D eigenvalue weighted by Crippen LogP contribution is -2.12. The molecular formula is C15H10Cl2N4O2S. The first-order valence-corrected chi connectivity index (χ1v) is 8.20. The molecule has 122 valence electrons. The highest BCUT2D eigenvalue weighted by Gasteiger charge is 2.15. The lowest BCUT2D eigenvalue weighted by atomic mass is 10.2. The minimum Gasteiger partial charge on any atom is -0.497 e. The molecule has 0 aliphatic rings. The second-order valence-corrected chi connectivity index (χ2v) is 6.14. The maximum atomic E-state index is 12.3. The van der Waals surface area contributed by atoms with E-state index in [0.29, 0.717) is 11.0 Å². The minimum absolute atomic E-state index is 0.181. The number of hydrogen-bond donors (Lipinski definition) is 1. The molecule has 0 aliphatic heterocycles. The lowest BCUT2D eigenvalue weighted by Gasteiger charge is -2.03. The molecule has 24 heavy (non-hydrogen) atoms. The molecule has 6 nitrogen and oxygen atoms in total. The van der Waals surface area contributed by atoms with Crippen LogP contribution in [-0.4, -0.2) is 27.4 Å². The molecule has 0 atom stereocenters. The van der Waals surface area contributed by atoms with Gasteiger partial charge in [0.15, 0.2) is 5.82 Å². The van der Waals surface area contributed by atoms with Gasteiger partial charge in [0.2, 0.25) is 5.13 Å². The Kier molecular flexibility index (Phi) is 4.94. The first-order chi connectivity index (χ1) is 11.6. The van der Waals surface area contributed by atoms with E-state index in [0.717, 1.165) is 22.8 Å². The van der Waals surface area contributed by atoms with Gasteiger partial charge in [-0.3, -0.25) is 10.1 Å². The highest BCUT2D eigenvalue weighted by atomic mass is 35.5. The molecule has 2 aromatic heterocycles. The average molecular weight is 381 g/mol. The average Bonchev–Trinajstić information content (AvgIpc) is 3.05. The number of nitrogens with one attached hydrogen (secondary N) is 1. The number of halogens is 2. The number of pyridine rings is 1. The van der Waals surface area contributed by atoms with Crippen LogP contribution < -0.4 is 10.1 Å². The van der Waals surface area contributed by atoms with Crippen molar-refractivity contribution in [1.82, 2.24) is 14.3 Å². The number of rotatable bonds is 4. The van der Waals surface area contributed by atoms with Gasteiger partial charge in [-0.25, -0.2) is 4.98 Å². The summed E-state index contributed by atoms with van der Waals surface area (Å²) >= 11 is 12.8. The topological polar surface area (TPSA) is 77.0 Å². The highest BCUT2D eigenvalue weighted by molar-refractivity contribution is 7.10. The SMILES string of the molecule is COc1ccc(-c2nsc(NC(=O)c3cc(Cl)ncc3Cl)n2)cc1. The van der Waals surface area contributed by atoms with E-state index >= 15 is 0 Å². The van der Waals surface area contributed by atoms with E-state index in [9.17, 15) is 4.79 Å². The molecule has 0 bridgehead atoms. The van der Waals surface area contributed by atoms with E-state index in [1.807, 2.05) is 24.3 Å². The summed E-state index contributed by atoms with van der Waals surface area (Å²) in [5, 5.41) is 3.39. The number of ether oxygens (including phenoxy) is 1. The predicted octanol–water partition coefficient (Wildman–Crippen LogP) is 4.17. The highest BCUT2D eigenvalue weighted by Crippen LogP contribution is 2.25. The molecule has 0 spiro atoms. The normalized spacial score (nSPS) is 10.5. The fraction of sp³-hybridized carbons (Fsp3) is 0.0667. The number of hydrogen-bond acceptors (Lipinski definition) is 6. The van der Waals surface area contributed by atoms with Crippen LogP contribution in [0.25, 0.3) is 11.4 Å². The van der Waals surface area contributed by atoms with Crippen molar-refractivity contribution in [3.05, 3.63) is 52.3 Å². The van der Waals surface area contributed by atoms with Gasteiger partial charge in [-0.1, -0.05) is 23.2 Å². The standard InChI is InChI=1S/C15H10Cl2N4O2S/c1-23-9-4-2-8(3-5-9)13-19-15(24-21-13)20-14(22)10-6-12(17)18-7-11(10)16/h2-7H,1H3,(H,19,20,21,22). The Bertz CT molecular complexity index is 883. The van der Waals surface area contributed by atoms with Crippen LogP contribution in [0, 0.1) is 0 Å². The van der Waals surface area contributed by atoms with E-state index in [1.165, 1.54) is 12.3 Å². The van der Waals surface area contributed by atoms with Crippen molar-refractivity contribution in [3.63, 3.8) is 0 Å². The van der Waals surface area contributed by atoms with E-state index in [-0.39, 0.29) is 15.7 Å². The molecule has 3 rings (SSSR count). The summed E-state index contributed by atoms with van der Waals surface area (Å²) in [6.07, 6.45) is 1.32. The molecule has 0 aliphatic carbocycles. The van der Waals surface area contributed by atoms with Gasteiger partial charge in [0, 0.05) is 23.3 Å². The van der Waals surface area contributed by atoms with Gasteiger partial charge in [-0.2, -0.15) is 9.36 Å². The predicted molar refractivity (Wildman–Crippen MR) is 94.1 cm³/mol. The van der Waals surface area contributed by atoms with Crippen molar-refractivity contribution < 1.29 is 9.53 Å². The number of carbonyl (C=O) groups excluding carboxylic acids is 1. The Morgan fingerprint density at radius 2 is 2.00 bits per heavy atom. The number of nitrogens with zero attached hydrogens (tertiary/aromatic N) is 3. The van der Waals surface area contributed by atoms with Crippen LogP contribution in [0.1, 0.15) is 10.4 Å². The second-order valence-electron chi connectivity index (χ2n) is 4.59. The molecule has 0 fully saturated rings. The first-order valence-electron chi connectivity index (χ1n) is 6.67. The van der Waals surface area contributed by atoms with Crippen molar-refractivity contribution >= 4 is 45.8 Å². The molecule has 9 heteroatoms. The van der Waals surface area contributed by atoms with Crippen molar-refractivity contribution in [2.24, 2.45) is 0 Å². The van der Waals surface area contributed by atoms with Crippen molar-refractivity contribution in [2.45, 2.75) is 0 Å². The van der Waals surface area contributed by atoms with Crippen LogP contribution in [0.15, 0.2) is 36.5 Å². The van der Waals surface area contributed by atoms with Crippen LogP contribution in [0.3, 0.4) is 0 Å². The van der Waals surface area contributed by atoms with Crippen LogP contribution in [0.5, 0.6) is 5.75 Å². The summed E-state index contributed by atoms with van der Waals surface area (Å²) in [4.78, 5) is 20.4. The van der Waals surface area contributed by atoms with Crippen molar-refractivity contribution in [2.75, 3.05) is 12.4 Å². The lowest BCUT2D eigenvalue weighted by molar-refractivity contribution is 0.102. The molecule has 1 aromatic carbocycles. The zero-order valence-electron chi connectivity index (χ0n) is 12.3. The van der Waals surface area contributed by atoms with Gasteiger partial charge in [0.1, 0.15) is 10.9 Å². The van der Waals surface area contributed by atoms with Crippen molar-refractivity contribution in [1.29, 1.82) is 0 Å². The fourth-order valence-electron chi connectivity index (χ4n) is 1.88. The number of aromatic nitrogens is 3. The zero-order chi connectivity index (χ0) is 17.1. The Morgan fingerprint density at radius 3 is 2.71 bits per heavy atom. The molecule has 2 heterocycles. The molecule has 1 N–H and O–H groups in total. The van der Waals surface area contributed by atoms with Gasteiger partial charge in [-0.05, 0) is 30.3 Å². The molecule has 0 radical (unpaired) electrons. The molecule has 0 unspecified atom stereocenters. The first kappa shape index (κ1) is 16.6. The number of amides is 1. The number of carbonyl (C=O) groups is 1. The molecule has 1 amide bonds. The monoisotopic (exact) mass is 380 g/mol. The number of benzene rings is 1. The minimum atomic E-state index is -0.429. The smallest absolute Gasteiger partial charge is 0.259 e. The van der Waals surface area contributed by atoms with Crippen LogP contribution in [-0.2, 0) is 0 Å². The van der Waals surface area contributed by atoms with E-state index < -0.39 is 5.91 Å². The van der Waals surface area contributed by atoms with E-state index in [1.54, 1.807) is 7.11 Å². The third kappa shape index (κ3) is 3.64. The molecular weight excluding hydrogens is 371 g/mol. The quantitative estimate of drug-likeness (QED) is 0.687. The second kappa shape index (κ2) is 7.12. The van der Waals surface area contributed by atoms with Crippen LogP contribution in [0.2, 0.25) is 10.2 Å². The van der Waals surface area contributed by atoms with Gasteiger partial charge in [0.05, 0.1) is 17.7 Å². The summed E-state index contributed by atoms with van der Waals surface area (Å²) in [6, 6.07) is 8.70. The maximum absolute atomic E-state index is 12.3. The molecule has 0 saturated carbocycles. The third-order valence-electron chi connectivity index (χ3n) is 3.06. The van der Waals surface area contributed by atoms with Gasteiger partial charge < -0.3 is 4.74 Å². The summed E-state index contributed by atoms with van der Waals surface area (Å²) in [6.45, 7) is 0. The third-order valence-corrected chi connectivity index (χ3v) is 4.20. The van der Waals surface area contributed by atoms with Crippen LogP contribution in [0.4, 0.5) is 5.13 Å². The Balaban J connectivity index is 1.78. The largest absolute Gasteiger partial charge is 0.497 e. The Hall–Kier alpha value is -2.22. The van der Waals surface area contributed by atoms with Crippen molar-refractivity contribution in [3.8, 4) is 17.1 Å². The maximum Gasteiger partial charge on any atom is 0.259 e. The Labute approximate surface area is 151 Å². The van der Waals surface area contributed by atoms with E-state index in [4.69, 9.17) is 27.9 Å². The summed E-state index contributed by atoms with van der Waals surface area (Å²) in [5.41, 5.74) is 1.04. The molecule has 3 aromatic rings.